The van der Waals surface area contributed by atoms with Crippen molar-refractivity contribution in [2.45, 2.75) is 41.7 Å². The van der Waals surface area contributed by atoms with E-state index in [-0.39, 0.29) is 12.0 Å². The first-order valence-electron chi connectivity index (χ1n) is 12.3. The van der Waals surface area contributed by atoms with E-state index in [4.69, 9.17) is 21.3 Å². The summed E-state index contributed by atoms with van der Waals surface area (Å²) in [4.78, 5) is 6.03. The average Bonchev–Trinajstić information content (AvgIpc) is 2.89. The molecule has 6 heteroatoms. The first kappa shape index (κ1) is 25.1. The molecule has 0 radical (unpaired) electrons. The average molecular weight is 519 g/mol. The molecule has 5 rings (SSSR count). The highest BCUT2D eigenvalue weighted by molar-refractivity contribution is 7.98. The lowest BCUT2D eigenvalue weighted by Gasteiger charge is -2.43. The van der Waals surface area contributed by atoms with E-state index in [0.717, 1.165) is 35.0 Å². The number of nitrogens with zero attached hydrogens (tertiary/aromatic N) is 1. The molecule has 3 unspecified atom stereocenters. The number of benzene rings is 3. The lowest BCUT2D eigenvalue weighted by atomic mass is 9.70. The largest absolute Gasteiger partial charge is 0.481 e. The Labute approximate surface area is 222 Å². The molecule has 0 spiro atoms. The number of hydrogen-bond acceptors (Lipinski definition) is 5. The van der Waals surface area contributed by atoms with Crippen molar-refractivity contribution in [3.63, 3.8) is 0 Å². The zero-order chi connectivity index (χ0) is 25.1. The molecule has 3 aromatic carbocycles. The van der Waals surface area contributed by atoms with E-state index in [1.165, 1.54) is 10.5 Å². The summed E-state index contributed by atoms with van der Waals surface area (Å²) in [7, 11) is 1.65. The number of nitrogens with one attached hydrogen (secondary N) is 1. The summed E-state index contributed by atoms with van der Waals surface area (Å²) in [5.74, 6) is 0.228. The van der Waals surface area contributed by atoms with Gasteiger partial charge in [0.2, 0.25) is 5.88 Å². The molecule has 0 aliphatic carbocycles. The highest BCUT2D eigenvalue weighted by Crippen LogP contribution is 2.45. The molecule has 1 aliphatic rings. The van der Waals surface area contributed by atoms with E-state index in [1.807, 2.05) is 36.4 Å². The molecule has 1 fully saturated rings. The number of hydrogen-bond donors (Lipinski definition) is 2. The van der Waals surface area contributed by atoms with Crippen LogP contribution < -0.4 is 10.1 Å². The molecule has 186 valence electrons. The smallest absolute Gasteiger partial charge is 0.217 e. The van der Waals surface area contributed by atoms with Crippen LogP contribution >= 0.6 is 23.4 Å². The van der Waals surface area contributed by atoms with Crippen LogP contribution in [0.25, 0.3) is 10.9 Å². The highest BCUT2D eigenvalue weighted by atomic mass is 35.5. The van der Waals surface area contributed by atoms with Crippen LogP contribution in [0.3, 0.4) is 0 Å². The standard InChI is InChI=1S/C30H31ClN2O2S/c1-35-29-26(18-22-17-25(36-2)12-13-27(22)33-29)28(21-8-10-23(31)11-9-21)30(34)14-15-32-24(19-30)16-20-6-4-3-5-7-20/h3-13,17-18,24,28,32,34H,14-16,19H2,1-2H3. The zero-order valence-corrected chi connectivity index (χ0v) is 22.1. The number of aromatic nitrogens is 1. The Hall–Kier alpha value is -2.57. The summed E-state index contributed by atoms with van der Waals surface area (Å²) in [5, 5.41) is 17.7. The maximum absolute atomic E-state index is 12.4. The lowest BCUT2D eigenvalue weighted by molar-refractivity contribution is -0.0191. The SMILES string of the molecule is COc1nc2ccc(SC)cc2cc1C(c1ccc(Cl)cc1)C1(O)CCNC(Cc2ccccc2)C1. The van der Waals surface area contributed by atoms with Crippen LogP contribution in [0.15, 0.2) is 83.8 Å². The predicted molar refractivity (Wildman–Crippen MR) is 149 cm³/mol. The molecule has 0 amide bonds. The maximum atomic E-state index is 12.4. The van der Waals surface area contributed by atoms with Crippen molar-refractivity contribution in [3.05, 3.63) is 101 Å². The molecule has 36 heavy (non-hydrogen) atoms. The molecule has 0 bridgehead atoms. The van der Waals surface area contributed by atoms with Gasteiger partial charge in [-0.25, -0.2) is 4.98 Å². The first-order chi connectivity index (χ1) is 17.5. The molecule has 1 saturated heterocycles. The zero-order valence-electron chi connectivity index (χ0n) is 20.6. The minimum absolute atomic E-state index is 0.156. The predicted octanol–water partition coefficient (Wildman–Crippen LogP) is 6.48. The van der Waals surface area contributed by atoms with Crippen molar-refractivity contribution in [2.24, 2.45) is 0 Å². The third-order valence-electron chi connectivity index (χ3n) is 7.18. The van der Waals surface area contributed by atoms with E-state index >= 15 is 0 Å². The Morgan fingerprint density at radius 2 is 1.89 bits per heavy atom. The Morgan fingerprint density at radius 1 is 1.11 bits per heavy atom. The van der Waals surface area contributed by atoms with Crippen molar-refractivity contribution in [1.82, 2.24) is 10.3 Å². The number of fused-ring (bicyclic) bond motifs is 1. The Bertz CT molecular complexity index is 1330. The normalized spacial score (nSPS) is 20.8. The van der Waals surface area contributed by atoms with Crippen molar-refractivity contribution in [1.29, 1.82) is 0 Å². The maximum Gasteiger partial charge on any atom is 0.217 e. The van der Waals surface area contributed by atoms with E-state index < -0.39 is 5.60 Å². The fourth-order valence-corrected chi connectivity index (χ4v) is 6.06. The highest BCUT2D eigenvalue weighted by Gasteiger charge is 2.44. The quantitative estimate of drug-likeness (QED) is 0.274. The summed E-state index contributed by atoms with van der Waals surface area (Å²) in [6, 6.07) is 26.8. The topological polar surface area (TPSA) is 54.4 Å². The van der Waals surface area contributed by atoms with Gasteiger partial charge in [0.1, 0.15) is 0 Å². The van der Waals surface area contributed by atoms with Crippen LogP contribution in [0.5, 0.6) is 5.88 Å². The van der Waals surface area contributed by atoms with Gasteiger partial charge in [0.15, 0.2) is 0 Å². The van der Waals surface area contributed by atoms with Gasteiger partial charge >= 0.3 is 0 Å². The third-order valence-corrected chi connectivity index (χ3v) is 8.15. The fraction of sp³-hybridized carbons (Fsp3) is 0.300. The summed E-state index contributed by atoms with van der Waals surface area (Å²) in [6.45, 7) is 0.734. The van der Waals surface area contributed by atoms with E-state index in [0.29, 0.717) is 23.7 Å². The van der Waals surface area contributed by atoms with Gasteiger partial charge in [-0.3, -0.25) is 0 Å². The second kappa shape index (κ2) is 10.8. The van der Waals surface area contributed by atoms with Crippen molar-refractivity contribution < 1.29 is 9.84 Å². The number of pyridine rings is 1. The number of aliphatic hydroxyl groups is 1. The monoisotopic (exact) mass is 518 g/mol. The van der Waals surface area contributed by atoms with Crippen LogP contribution in [0.2, 0.25) is 5.02 Å². The van der Waals surface area contributed by atoms with Crippen molar-refractivity contribution >= 4 is 34.3 Å². The van der Waals surface area contributed by atoms with Gasteiger partial charge in [0, 0.05) is 32.8 Å². The van der Waals surface area contributed by atoms with E-state index in [2.05, 4.69) is 54.0 Å². The minimum Gasteiger partial charge on any atom is -0.481 e. The van der Waals surface area contributed by atoms with Crippen LogP contribution in [-0.2, 0) is 6.42 Å². The Kier molecular flexibility index (Phi) is 7.54. The number of rotatable bonds is 7. The van der Waals surface area contributed by atoms with Crippen molar-refractivity contribution in [2.75, 3.05) is 19.9 Å². The van der Waals surface area contributed by atoms with Gasteiger partial charge in [0.25, 0.3) is 0 Å². The Morgan fingerprint density at radius 3 is 2.61 bits per heavy atom. The van der Waals surface area contributed by atoms with Gasteiger partial charge in [-0.2, -0.15) is 0 Å². The molecular formula is C30H31ClN2O2S. The molecule has 4 aromatic rings. The summed E-state index contributed by atoms with van der Waals surface area (Å²) in [5.41, 5.74) is 3.05. The van der Waals surface area contributed by atoms with Gasteiger partial charge < -0.3 is 15.2 Å². The van der Waals surface area contributed by atoms with Gasteiger partial charge in [-0.1, -0.05) is 54.1 Å². The number of methoxy groups -OCH3 is 1. The summed E-state index contributed by atoms with van der Waals surface area (Å²) in [6.07, 6.45) is 4.17. The van der Waals surface area contributed by atoms with Gasteiger partial charge in [-0.05, 0) is 79.6 Å². The van der Waals surface area contributed by atoms with E-state index in [1.54, 1.807) is 18.9 Å². The molecule has 2 N–H and O–H groups in total. The van der Waals surface area contributed by atoms with Crippen LogP contribution in [-0.4, -0.2) is 41.6 Å². The fourth-order valence-electron chi connectivity index (χ4n) is 5.48. The number of thioether (sulfide) groups is 1. The van der Waals surface area contributed by atoms with Gasteiger partial charge in [-0.15, -0.1) is 11.8 Å². The molecule has 1 aromatic heterocycles. The molecule has 4 nitrogen and oxygen atoms in total. The number of piperidine rings is 1. The third kappa shape index (κ3) is 5.25. The molecule has 3 atom stereocenters. The number of halogens is 1. The molecule has 2 heterocycles. The van der Waals surface area contributed by atoms with Crippen LogP contribution in [0, 0.1) is 0 Å². The second-order valence-electron chi connectivity index (χ2n) is 9.53. The van der Waals surface area contributed by atoms with Gasteiger partial charge in [0.05, 0.1) is 18.2 Å². The summed E-state index contributed by atoms with van der Waals surface area (Å²) < 4.78 is 5.83. The molecular weight excluding hydrogens is 488 g/mol. The number of ether oxygens (including phenoxy) is 1. The first-order valence-corrected chi connectivity index (χ1v) is 13.9. The lowest BCUT2D eigenvalue weighted by Crippen LogP contribution is -2.52. The van der Waals surface area contributed by atoms with E-state index in [9.17, 15) is 5.11 Å². The summed E-state index contributed by atoms with van der Waals surface area (Å²) >= 11 is 7.96. The molecule has 0 saturated carbocycles. The second-order valence-corrected chi connectivity index (χ2v) is 10.8. The van der Waals surface area contributed by atoms with Crippen LogP contribution in [0.1, 0.15) is 35.4 Å². The van der Waals surface area contributed by atoms with Crippen molar-refractivity contribution in [3.8, 4) is 5.88 Å². The van der Waals surface area contributed by atoms with Crippen LogP contribution in [0.4, 0.5) is 0 Å². The minimum atomic E-state index is -0.988. The molecule has 1 aliphatic heterocycles. The Balaban J connectivity index is 1.61.